The van der Waals surface area contributed by atoms with Gasteiger partial charge in [0.25, 0.3) is 0 Å². The molecule has 2 aromatic heterocycles. The van der Waals surface area contributed by atoms with E-state index in [4.69, 9.17) is 9.84 Å². The molecule has 2 rings (SSSR count). The zero-order chi connectivity index (χ0) is 13.0. The van der Waals surface area contributed by atoms with Crippen molar-refractivity contribution in [1.82, 2.24) is 14.5 Å². The van der Waals surface area contributed by atoms with E-state index >= 15 is 0 Å². The smallest absolute Gasteiger partial charge is 0.329 e. The number of hydrogen-bond donors (Lipinski definition) is 1. The molecule has 1 N–H and O–H groups in total. The summed E-state index contributed by atoms with van der Waals surface area (Å²) in [6.07, 6.45) is 4.39. The molecule has 6 heteroatoms. The molecule has 0 aliphatic heterocycles. The lowest BCUT2D eigenvalue weighted by Crippen LogP contribution is -2.10. The molecule has 0 radical (unpaired) electrons. The van der Waals surface area contributed by atoms with Crippen LogP contribution in [0.15, 0.2) is 18.5 Å². The fourth-order valence-corrected chi connectivity index (χ4v) is 1.84. The van der Waals surface area contributed by atoms with Gasteiger partial charge in [-0.3, -0.25) is 4.98 Å². The summed E-state index contributed by atoms with van der Waals surface area (Å²) in [5, 5.41) is 8.54. The Morgan fingerprint density at radius 1 is 1.56 bits per heavy atom. The molecule has 96 valence electrons. The lowest BCUT2D eigenvalue weighted by molar-refractivity contribution is -0.142. The van der Waals surface area contributed by atoms with Crippen LogP contribution < -0.4 is 0 Å². The van der Waals surface area contributed by atoms with Crippen molar-refractivity contribution in [1.29, 1.82) is 0 Å². The molecule has 6 nitrogen and oxygen atoms in total. The highest BCUT2D eigenvalue weighted by Crippen LogP contribution is 2.16. The quantitative estimate of drug-likeness (QED) is 0.838. The zero-order valence-electron chi connectivity index (χ0n) is 10.2. The van der Waals surface area contributed by atoms with Gasteiger partial charge in [-0.25, -0.2) is 9.78 Å². The standard InChI is InChI=1S/C12H15N3O3/c1-2-5-15-10-3-4-13-6-9(10)14-11(15)7-18-8-12(16)17/h3-4,6H,2,5,7-8H2,1H3,(H,16,17). The molecular weight excluding hydrogens is 234 g/mol. The van der Waals surface area contributed by atoms with Crippen molar-refractivity contribution in [2.24, 2.45) is 0 Å². The maximum Gasteiger partial charge on any atom is 0.329 e. The minimum atomic E-state index is -0.977. The number of imidazole rings is 1. The summed E-state index contributed by atoms with van der Waals surface area (Å²) < 4.78 is 7.13. The summed E-state index contributed by atoms with van der Waals surface area (Å²) >= 11 is 0. The highest BCUT2D eigenvalue weighted by atomic mass is 16.5. The fraction of sp³-hybridized carbons (Fsp3) is 0.417. The number of fused-ring (bicyclic) bond motifs is 1. The van der Waals surface area contributed by atoms with E-state index < -0.39 is 5.97 Å². The summed E-state index contributed by atoms with van der Waals surface area (Å²) in [4.78, 5) is 18.8. The van der Waals surface area contributed by atoms with E-state index in [1.807, 2.05) is 10.6 Å². The number of ether oxygens (including phenoxy) is 1. The van der Waals surface area contributed by atoms with Crippen LogP contribution in [0.2, 0.25) is 0 Å². The van der Waals surface area contributed by atoms with E-state index in [1.165, 1.54) is 0 Å². The van der Waals surface area contributed by atoms with E-state index in [2.05, 4.69) is 16.9 Å². The van der Waals surface area contributed by atoms with E-state index in [1.54, 1.807) is 12.4 Å². The van der Waals surface area contributed by atoms with Gasteiger partial charge in [0.15, 0.2) is 0 Å². The van der Waals surface area contributed by atoms with E-state index in [0.717, 1.165) is 29.8 Å². The predicted molar refractivity (Wildman–Crippen MR) is 65.1 cm³/mol. The normalized spacial score (nSPS) is 10.9. The Kier molecular flexibility index (Phi) is 3.88. The van der Waals surface area contributed by atoms with Gasteiger partial charge >= 0.3 is 5.97 Å². The van der Waals surface area contributed by atoms with E-state index in [9.17, 15) is 4.79 Å². The van der Waals surface area contributed by atoms with Gasteiger partial charge in [-0.15, -0.1) is 0 Å². The third-order valence-electron chi connectivity index (χ3n) is 2.53. The Morgan fingerprint density at radius 2 is 2.39 bits per heavy atom. The van der Waals surface area contributed by atoms with Crippen molar-refractivity contribution < 1.29 is 14.6 Å². The van der Waals surface area contributed by atoms with Crippen LogP contribution >= 0.6 is 0 Å². The van der Waals surface area contributed by atoms with Crippen LogP contribution in [-0.2, 0) is 22.7 Å². The number of aliphatic carboxylic acids is 1. The van der Waals surface area contributed by atoms with Gasteiger partial charge in [-0.05, 0) is 12.5 Å². The van der Waals surface area contributed by atoms with Gasteiger partial charge in [0.1, 0.15) is 24.6 Å². The first kappa shape index (κ1) is 12.5. The third kappa shape index (κ3) is 2.65. The minimum absolute atomic E-state index is 0.195. The highest BCUT2D eigenvalue weighted by Gasteiger charge is 2.10. The van der Waals surface area contributed by atoms with Gasteiger partial charge in [-0.2, -0.15) is 0 Å². The molecule has 0 aromatic carbocycles. The average Bonchev–Trinajstić information content (AvgIpc) is 2.68. The summed E-state index contributed by atoms with van der Waals surface area (Å²) in [6.45, 7) is 2.79. The molecule has 0 atom stereocenters. The third-order valence-corrected chi connectivity index (χ3v) is 2.53. The van der Waals surface area contributed by atoms with Crippen molar-refractivity contribution in [2.45, 2.75) is 26.5 Å². The fourth-order valence-electron chi connectivity index (χ4n) is 1.84. The van der Waals surface area contributed by atoms with E-state index in [0.29, 0.717) is 0 Å². The number of carboxylic acids is 1. The molecule has 18 heavy (non-hydrogen) atoms. The van der Waals surface area contributed by atoms with Crippen molar-refractivity contribution >= 4 is 17.0 Å². The van der Waals surface area contributed by atoms with Crippen molar-refractivity contribution in [3.05, 3.63) is 24.3 Å². The van der Waals surface area contributed by atoms with Crippen LogP contribution in [0.25, 0.3) is 11.0 Å². The van der Waals surface area contributed by atoms with Crippen LogP contribution in [0.1, 0.15) is 19.2 Å². The van der Waals surface area contributed by atoms with E-state index in [-0.39, 0.29) is 13.2 Å². The molecule has 0 aliphatic carbocycles. The Labute approximate surface area is 104 Å². The van der Waals surface area contributed by atoms with Gasteiger partial charge in [0, 0.05) is 12.7 Å². The van der Waals surface area contributed by atoms with Crippen LogP contribution in [0.3, 0.4) is 0 Å². The first-order valence-electron chi connectivity index (χ1n) is 5.81. The summed E-state index contributed by atoms with van der Waals surface area (Å²) in [6, 6.07) is 1.90. The molecule has 0 fully saturated rings. The highest BCUT2D eigenvalue weighted by molar-refractivity contribution is 5.74. The Hall–Kier alpha value is -1.95. The van der Waals surface area contributed by atoms with Crippen molar-refractivity contribution in [3.8, 4) is 0 Å². The number of carbonyl (C=O) groups is 1. The monoisotopic (exact) mass is 249 g/mol. The number of pyridine rings is 1. The van der Waals surface area contributed by atoms with Gasteiger partial charge in [-0.1, -0.05) is 6.92 Å². The predicted octanol–water partition coefficient (Wildman–Crippen LogP) is 1.44. The average molecular weight is 249 g/mol. The van der Waals surface area contributed by atoms with Crippen LogP contribution in [0, 0.1) is 0 Å². The zero-order valence-corrected chi connectivity index (χ0v) is 10.2. The van der Waals surface area contributed by atoms with Gasteiger partial charge < -0.3 is 14.4 Å². The maximum atomic E-state index is 10.4. The Morgan fingerprint density at radius 3 is 3.11 bits per heavy atom. The second-order valence-electron chi connectivity index (χ2n) is 3.93. The first-order chi connectivity index (χ1) is 8.72. The molecule has 0 bridgehead atoms. The number of aryl methyl sites for hydroxylation is 1. The molecule has 0 spiro atoms. The minimum Gasteiger partial charge on any atom is -0.480 e. The molecule has 0 saturated carbocycles. The first-order valence-corrected chi connectivity index (χ1v) is 5.81. The van der Waals surface area contributed by atoms with Gasteiger partial charge in [0.05, 0.1) is 11.7 Å². The number of hydrogen-bond acceptors (Lipinski definition) is 4. The second kappa shape index (κ2) is 5.59. The topological polar surface area (TPSA) is 77.2 Å². The lowest BCUT2D eigenvalue weighted by atomic mass is 10.4. The number of nitrogens with zero attached hydrogens (tertiary/aromatic N) is 3. The molecule has 2 aromatic rings. The maximum absolute atomic E-state index is 10.4. The number of aromatic nitrogens is 3. The van der Waals surface area contributed by atoms with Crippen LogP contribution in [-0.4, -0.2) is 32.2 Å². The van der Waals surface area contributed by atoms with Crippen LogP contribution in [0.5, 0.6) is 0 Å². The Balaban J connectivity index is 2.24. The van der Waals surface area contributed by atoms with Crippen molar-refractivity contribution in [3.63, 3.8) is 0 Å². The molecule has 0 saturated heterocycles. The number of carboxylic acid groups (broad SMARTS) is 1. The molecule has 2 heterocycles. The SMILES string of the molecule is CCCn1c(COCC(=O)O)nc2cnccc21. The lowest BCUT2D eigenvalue weighted by Gasteiger charge is -2.07. The molecule has 0 aliphatic rings. The summed E-state index contributed by atoms with van der Waals surface area (Å²) in [5.41, 5.74) is 1.81. The van der Waals surface area contributed by atoms with Crippen molar-refractivity contribution in [2.75, 3.05) is 6.61 Å². The summed E-state index contributed by atoms with van der Waals surface area (Å²) in [7, 11) is 0. The summed E-state index contributed by atoms with van der Waals surface area (Å²) in [5.74, 6) is -0.240. The molecule has 0 amide bonds. The van der Waals surface area contributed by atoms with Gasteiger partial charge in [0.2, 0.25) is 0 Å². The molecule has 0 unspecified atom stereocenters. The number of rotatable bonds is 6. The second-order valence-corrected chi connectivity index (χ2v) is 3.93. The largest absolute Gasteiger partial charge is 0.480 e. The Bertz CT molecular complexity index is 550. The molecular formula is C12H15N3O3. The van der Waals surface area contributed by atoms with Crippen LogP contribution in [0.4, 0.5) is 0 Å².